The molecule has 0 amide bonds. The van der Waals surface area contributed by atoms with Gasteiger partial charge in [-0.15, -0.1) is 22.7 Å². The topological polar surface area (TPSA) is 99.6 Å². The lowest BCUT2D eigenvalue weighted by atomic mass is 10.0. The van der Waals surface area contributed by atoms with Crippen LogP contribution in [0.3, 0.4) is 0 Å². The molecule has 0 saturated heterocycles. The third-order valence-corrected chi connectivity index (χ3v) is 31.1. The second-order valence-corrected chi connectivity index (χ2v) is 46.5. The predicted octanol–water partition coefficient (Wildman–Crippen LogP) is 12.9. The van der Waals surface area contributed by atoms with E-state index in [0.29, 0.717) is 26.4 Å². The summed E-state index contributed by atoms with van der Waals surface area (Å²) in [6.45, 7) is 31.3. The van der Waals surface area contributed by atoms with Gasteiger partial charge in [-0.05, 0) is 106 Å². The first-order valence-electron chi connectivity index (χ1n) is 22.6. The first-order chi connectivity index (χ1) is 30.6. The molecule has 0 saturated carbocycles. The van der Waals surface area contributed by atoms with Crippen molar-refractivity contribution in [3.8, 4) is 64.8 Å². The number of fused-ring (bicyclic) bond motifs is 3. The molecule has 0 radical (unpaired) electrons. The van der Waals surface area contributed by atoms with Crippen molar-refractivity contribution in [1.29, 1.82) is 0 Å². The smallest absolute Gasteiger partial charge is 0.321 e. The zero-order chi connectivity index (χ0) is 46.5. The van der Waals surface area contributed by atoms with Crippen molar-refractivity contribution in [2.24, 2.45) is 0 Å². The number of benzene rings is 3. The van der Waals surface area contributed by atoms with Crippen LogP contribution < -0.4 is 18.9 Å². The molecule has 348 valence electrons. The minimum atomic E-state index is -2.24. The molecule has 65 heavy (non-hydrogen) atoms. The van der Waals surface area contributed by atoms with Crippen LogP contribution in [0.4, 0.5) is 0 Å². The third kappa shape index (κ3) is 11.6. The van der Waals surface area contributed by atoms with Crippen LogP contribution in [-0.2, 0) is 28.9 Å². The van der Waals surface area contributed by atoms with E-state index in [1.807, 2.05) is 0 Å². The molecule has 5 heterocycles. The summed E-state index contributed by atoms with van der Waals surface area (Å²) in [5, 5.41) is 0. The Kier molecular flexibility index (Phi) is 14.2. The van der Waals surface area contributed by atoms with Gasteiger partial charge in [0.25, 0.3) is 0 Å². The van der Waals surface area contributed by atoms with Gasteiger partial charge in [-0.25, -0.2) is 0 Å². The van der Waals surface area contributed by atoms with Crippen molar-refractivity contribution in [2.75, 3.05) is 32.7 Å². The second-order valence-electron chi connectivity index (χ2n) is 20.5. The fraction of sp³-hybridized carbons (Fsp3) is 0.435. The minimum Gasteiger partial charge on any atom is -0.485 e. The summed E-state index contributed by atoms with van der Waals surface area (Å²) in [6, 6.07) is 23.9. The Hall–Kier alpha value is -2.78. The average Bonchev–Trinajstić information content (AvgIpc) is 3.95. The Bertz CT molecular complexity index is 2640. The predicted molar refractivity (Wildman–Crippen MR) is 286 cm³/mol. The van der Waals surface area contributed by atoms with Crippen LogP contribution in [0, 0.1) is 0 Å². The summed E-state index contributed by atoms with van der Waals surface area (Å²) < 4.78 is 61.9. The molecule has 0 spiro atoms. The van der Waals surface area contributed by atoms with Crippen LogP contribution in [0.1, 0.15) is 11.1 Å². The lowest BCUT2D eigenvalue weighted by Gasteiger charge is -2.37. The highest BCUT2D eigenvalue weighted by molar-refractivity contribution is 7.20. The highest BCUT2D eigenvalue weighted by atomic mass is 32.1. The van der Waals surface area contributed by atoms with Crippen molar-refractivity contribution < 1.29 is 35.7 Å². The van der Waals surface area contributed by atoms with Crippen molar-refractivity contribution in [3.05, 3.63) is 71.8 Å². The van der Waals surface area contributed by atoms with Crippen molar-refractivity contribution >= 4 is 96.3 Å². The normalized spacial score (nSPS) is 14.7. The van der Waals surface area contributed by atoms with Gasteiger partial charge in [0.15, 0.2) is 48.0 Å². The highest BCUT2D eigenvalue weighted by Gasteiger charge is 2.39. The minimum absolute atomic E-state index is 0.483. The van der Waals surface area contributed by atoms with Gasteiger partial charge in [-0.3, -0.25) is 0 Å². The summed E-state index contributed by atoms with van der Waals surface area (Å²) in [5.41, 5.74) is 8.31. The fourth-order valence-electron chi connectivity index (χ4n) is 8.96. The summed E-state index contributed by atoms with van der Waals surface area (Å²) in [4.78, 5) is 4.06. The van der Waals surface area contributed by atoms with E-state index in [4.69, 9.17) is 44.5 Å². The van der Waals surface area contributed by atoms with E-state index in [9.17, 15) is 0 Å². The molecule has 3 aromatic heterocycles. The quantitative estimate of drug-likeness (QED) is 0.0821. The molecule has 6 aromatic rings. The van der Waals surface area contributed by atoms with E-state index in [2.05, 4.69) is 146 Å². The maximum atomic E-state index is 6.83. The van der Waals surface area contributed by atoms with Gasteiger partial charge < -0.3 is 35.7 Å². The van der Waals surface area contributed by atoms with Gasteiger partial charge in [-0.2, -0.15) is 8.75 Å². The van der Waals surface area contributed by atoms with Gasteiger partial charge in [0.1, 0.15) is 37.5 Å². The van der Waals surface area contributed by atoms with Gasteiger partial charge in [0.05, 0.1) is 40.0 Å². The van der Waals surface area contributed by atoms with Crippen LogP contribution in [0.15, 0.2) is 60.7 Å². The number of thiophene rings is 2. The van der Waals surface area contributed by atoms with Gasteiger partial charge in [0, 0.05) is 17.4 Å². The van der Waals surface area contributed by atoms with Crippen LogP contribution in [-0.4, -0.2) is 92.3 Å². The lowest BCUT2D eigenvalue weighted by Crippen LogP contribution is -2.52. The molecule has 0 bridgehead atoms. The number of nitrogens with zero attached hydrogens (tertiary/aromatic N) is 2. The molecule has 0 fully saturated rings. The monoisotopic (exact) mass is 1040 g/mol. The van der Waals surface area contributed by atoms with Gasteiger partial charge in [-0.1, -0.05) is 73.8 Å². The van der Waals surface area contributed by atoms with Crippen LogP contribution >= 0.6 is 34.4 Å². The largest absolute Gasteiger partial charge is 0.485 e. The van der Waals surface area contributed by atoms with Crippen LogP contribution in [0.2, 0.25) is 85.1 Å². The Balaban J connectivity index is 1.06. The number of aromatic nitrogens is 2. The highest BCUT2D eigenvalue weighted by Crippen LogP contribution is 2.57. The molecule has 0 aliphatic carbocycles. The van der Waals surface area contributed by atoms with E-state index in [1.165, 1.54) is 22.9 Å². The number of hydrogen-bond donors (Lipinski definition) is 0. The zero-order valence-electron chi connectivity index (χ0n) is 40.2. The van der Waals surface area contributed by atoms with Crippen LogP contribution in [0.25, 0.3) is 52.8 Å². The molecule has 2 aliphatic heterocycles. The number of ether oxygens (including phenoxy) is 4. The first-order valence-corrected chi connectivity index (χ1v) is 43.4. The molecular formula is C46H64N2O8S3Si6. The zero-order valence-corrected chi connectivity index (χ0v) is 48.8. The third-order valence-electron chi connectivity index (χ3n) is 10.8. The SMILES string of the molecule is C[SiH](C)CO[Si](C)(C)O[Si](C)(C)Cc1ccc(-c2sc(-c3ccc(-c4sc(-c5ccc(C[Si](C)(C)O[Si](C)(C)O[Si](C)(C)C)cc5)c5c4OCCO5)c4nsnc34)c3c2OCCO3)cc1. The van der Waals surface area contributed by atoms with E-state index < -0.39 is 50.9 Å². The molecule has 8 rings (SSSR count). The summed E-state index contributed by atoms with van der Waals surface area (Å²) in [6.07, 6.45) is 0.872. The van der Waals surface area contributed by atoms with Gasteiger partial charge >= 0.3 is 17.1 Å². The van der Waals surface area contributed by atoms with E-state index >= 15 is 0 Å². The standard InChI is InChI=1S/C46H64N2O8S3Si6/c1-60(2)30-53-64(10,11)55-62(6,7)28-31-14-18-33(19-15-31)43-39-41(51-26-24-49-39)45(57-43)35-22-23-36(38-37(35)47-59-48-38)46-42-40(50-25-27-52-42)44(58-46)34-20-16-32(17-21-34)29-63(8,9)56-65(12,13)54-61(3,4)5/h14-23,60H,24-30H2,1-13H3. The Morgan fingerprint density at radius 3 is 1.28 bits per heavy atom. The lowest BCUT2D eigenvalue weighted by molar-refractivity contribution is 0.175. The van der Waals surface area contributed by atoms with Gasteiger partial charge in [0.2, 0.25) is 0 Å². The maximum Gasteiger partial charge on any atom is 0.321 e. The molecule has 0 atom stereocenters. The van der Waals surface area contributed by atoms with Crippen LogP contribution in [0.5, 0.6) is 23.0 Å². The summed E-state index contributed by atoms with van der Waals surface area (Å²) in [5.74, 6) is 3.10. The molecular weight excluding hydrogens is 973 g/mol. The second kappa shape index (κ2) is 19.0. The molecule has 3 aromatic carbocycles. The summed E-state index contributed by atoms with van der Waals surface area (Å²) >= 11 is 4.58. The maximum absolute atomic E-state index is 6.83. The van der Waals surface area contributed by atoms with Crippen molar-refractivity contribution in [2.45, 2.75) is 97.2 Å². The van der Waals surface area contributed by atoms with E-state index in [1.54, 1.807) is 22.7 Å². The van der Waals surface area contributed by atoms with Crippen molar-refractivity contribution in [3.63, 3.8) is 0 Å². The molecule has 19 heteroatoms. The number of hydrogen-bond acceptors (Lipinski definition) is 13. The summed E-state index contributed by atoms with van der Waals surface area (Å²) in [7, 11) is -11.0. The Morgan fingerprint density at radius 2 is 0.892 bits per heavy atom. The fourth-order valence-corrected chi connectivity index (χ4v) is 35.3. The Morgan fingerprint density at radius 1 is 0.508 bits per heavy atom. The van der Waals surface area contributed by atoms with E-state index in [-0.39, 0.29) is 0 Å². The van der Waals surface area contributed by atoms with Crippen molar-refractivity contribution in [1.82, 2.24) is 8.75 Å². The van der Waals surface area contributed by atoms with E-state index in [0.717, 1.165) is 94.1 Å². The molecule has 0 N–H and O–H groups in total. The average molecular weight is 1040 g/mol. The first kappa shape index (κ1) is 48.7. The molecule has 0 unspecified atom stereocenters. The molecule has 10 nitrogen and oxygen atoms in total. The Labute approximate surface area is 404 Å². The number of rotatable bonds is 17. The molecule has 2 aliphatic rings.